The highest BCUT2D eigenvalue weighted by atomic mass is 16.4. The molecule has 7 nitrogen and oxygen atoms in total. The van der Waals surface area contributed by atoms with E-state index in [2.05, 4.69) is 10.6 Å². The van der Waals surface area contributed by atoms with Crippen molar-refractivity contribution >= 4 is 17.9 Å². The van der Waals surface area contributed by atoms with Crippen LogP contribution in [-0.4, -0.2) is 53.1 Å². The number of rotatable bonds is 8. The first kappa shape index (κ1) is 18.2. The quantitative estimate of drug-likeness (QED) is 0.615. The predicted octanol–water partition coefficient (Wildman–Crippen LogP) is 0.796. The monoisotopic (exact) mass is 287 g/mol. The van der Waals surface area contributed by atoms with Crippen molar-refractivity contribution in [3.05, 3.63) is 0 Å². The highest BCUT2D eigenvalue weighted by molar-refractivity contribution is 5.86. The van der Waals surface area contributed by atoms with Gasteiger partial charge in [0, 0.05) is 19.1 Å². The molecule has 0 aromatic rings. The summed E-state index contributed by atoms with van der Waals surface area (Å²) in [6.45, 7) is 7.91. The van der Waals surface area contributed by atoms with E-state index in [1.165, 1.54) is 4.90 Å². The molecule has 0 aromatic carbocycles. The van der Waals surface area contributed by atoms with Crippen LogP contribution < -0.4 is 10.6 Å². The lowest BCUT2D eigenvalue weighted by atomic mass is 10.2. The zero-order chi connectivity index (χ0) is 15.7. The van der Waals surface area contributed by atoms with Crippen molar-refractivity contribution in [2.24, 2.45) is 0 Å². The third kappa shape index (κ3) is 6.40. The first-order valence-corrected chi connectivity index (χ1v) is 6.90. The fourth-order valence-electron chi connectivity index (χ4n) is 1.75. The molecule has 0 radical (unpaired) electrons. The Morgan fingerprint density at radius 1 is 1.20 bits per heavy atom. The smallest absolute Gasteiger partial charge is 0.318 e. The minimum atomic E-state index is -0.961. The Morgan fingerprint density at radius 2 is 1.80 bits per heavy atom. The minimum Gasteiger partial charge on any atom is -0.481 e. The molecule has 0 heterocycles. The van der Waals surface area contributed by atoms with Gasteiger partial charge >= 0.3 is 12.0 Å². The molecule has 116 valence electrons. The molecule has 0 aromatic heterocycles. The maximum atomic E-state index is 12.0. The first-order valence-electron chi connectivity index (χ1n) is 6.90. The molecule has 0 aliphatic rings. The second kappa shape index (κ2) is 9.17. The lowest BCUT2D eigenvalue weighted by molar-refractivity contribution is -0.138. The molecule has 0 bridgehead atoms. The second-order valence-electron chi connectivity index (χ2n) is 4.70. The van der Waals surface area contributed by atoms with Crippen LogP contribution in [0.2, 0.25) is 0 Å². The molecule has 0 spiro atoms. The number of carbonyl (C=O) groups is 3. The summed E-state index contributed by atoms with van der Waals surface area (Å²) in [5.41, 5.74) is 0. The molecule has 0 saturated carbocycles. The molecule has 7 heteroatoms. The van der Waals surface area contributed by atoms with Crippen LogP contribution in [0.15, 0.2) is 0 Å². The number of nitrogens with zero attached hydrogens (tertiary/aromatic N) is 1. The van der Waals surface area contributed by atoms with Gasteiger partial charge in [0.2, 0.25) is 5.91 Å². The molecule has 0 rings (SSSR count). The summed E-state index contributed by atoms with van der Waals surface area (Å²) in [6, 6.07) is -1.51. The molecule has 20 heavy (non-hydrogen) atoms. The van der Waals surface area contributed by atoms with Crippen molar-refractivity contribution in [3.8, 4) is 0 Å². The van der Waals surface area contributed by atoms with Crippen molar-refractivity contribution < 1.29 is 19.5 Å². The van der Waals surface area contributed by atoms with E-state index in [1.54, 1.807) is 20.8 Å². The Balaban J connectivity index is 4.47. The zero-order valence-corrected chi connectivity index (χ0v) is 12.6. The van der Waals surface area contributed by atoms with Gasteiger partial charge in [0.05, 0.1) is 6.42 Å². The summed E-state index contributed by atoms with van der Waals surface area (Å²) in [5.74, 6) is -1.21. The molecule has 3 N–H and O–H groups in total. The van der Waals surface area contributed by atoms with E-state index >= 15 is 0 Å². The number of carboxylic acid groups (broad SMARTS) is 1. The molecule has 0 fully saturated rings. The van der Waals surface area contributed by atoms with E-state index in [0.29, 0.717) is 13.1 Å². The van der Waals surface area contributed by atoms with Gasteiger partial charge < -0.3 is 20.6 Å². The van der Waals surface area contributed by atoms with Gasteiger partial charge in [-0.15, -0.1) is 0 Å². The normalized spacial score (nSPS) is 13.2. The average molecular weight is 287 g/mol. The van der Waals surface area contributed by atoms with E-state index < -0.39 is 24.1 Å². The molecule has 3 amide bonds. The summed E-state index contributed by atoms with van der Waals surface area (Å²) in [7, 11) is 0. The molecule has 0 aliphatic heterocycles. The number of carboxylic acids is 1. The third-order valence-corrected chi connectivity index (χ3v) is 2.89. The van der Waals surface area contributed by atoms with E-state index in [4.69, 9.17) is 5.11 Å². The van der Waals surface area contributed by atoms with Crippen LogP contribution >= 0.6 is 0 Å². The Hall–Kier alpha value is -1.79. The van der Waals surface area contributed by atoms with Gasteiger partial charge in [-0.1, -0.05) is 6.92 Å². The maximum absolute atomic E-state index is 12.0. The van der Waals surface area contributed by atoms with Gasteiger partial charge in [-0.3, -0.25) is 9.59 Å². The topological polar surface area (TPSA) is 98.7 Å². The number of hydrogen-bond acceptors (Lipinski definition) is 3. The second-order valence-corrected chi connectivity index (χ2v) is 4.70. The van der Waals surface area contributed by atoms with Crippen LogP contribution in [-0.2, 0) is 9.59 Å². The van der Waals surface area contributed by atoms with E-state index in [9.17, 15) is 14.4 Å². The Kier molecular flexibility index (Phi) is 8.35. The minimum absolute atomic E-state index is 0.127. The average Bonchev–Trinajstić information content (AvgIpc) is 2.35. The summed E-state index contributed by atoms with van der Waals surface area (Å²) < 4.78 is 0. The number of amides is 3. The van der Waals surface area contributed by atoms with Gasteiger partial charge in [-0.2, -0.15) is 0 Å². The van der Waals surface area contributed by atoms with Gasteiger partial charge in [0.25, 0.3) is 0 Å². The van der Waals surface area contributed by atoms with Crippen LogP contribution in [0, 0.1) is 0 Å². The van der Waals surface area contributed by atoms with Gasteiger partial charge in [0.1, 0.15) is 6.04 Å². The largest absolute Gasteiger partial charge is 0.481 e. The Bertz CT molecular complexity index is 347. The number of carbonyl (C=O) groups excluding carboxylic acids is 2. The van der Waals surface area contributed by atoms with Crippen LogP contribution in [0.4, 0.5) is 4.79 Å². The van der Waals surface area contributed by atoms with Crippen molar-refractivity contribution in [1.29, 1.82) is 0 Å². The van der Waals surface area contributed by atoms with Crippen molar-refractivity contribution in [2.75, 3.05) is 13.1 Å². The van der Waals surface area contributed by atoms with Crippen molar-refractivity contribution in [2.45, 2.75) is 52.6 Å². The zero-order valence-electron chi connectivity index (χ0n) is 12.6. The highest BCUT2D eigenvalue weighted by Gasteiger charge is 2.23. The fraction of sp³-hybridized carbons (Fsp3) is 0.769. The van der Waals surface area contributed by atoms with E-state index in [-0.39, 0.29) is 12.3 Å². The molecule has 0 saturated heterocycles. The molecule has 2 atom stereocenters. The molecular formula is C13H25N3O4. The van der Waals surface area contributed by atoms with Crippen LogP contribution in [0.1, 0.15) is 40.5 Å². The predicted molar refractivity (Wildman–Crippen MR) is 75.4 cm³/mol. The summed E-state index contributed by atoms with van der Waals surface area (Å²) >= 11 is 0. The number of nitrogens with one attached hydrogen (secondary N) is 2. The molecule has 2 unspecified atom stereocenters. The van der Waals surface area contributed by atoms with Gasteiger partial charge in [0.15, 0.2) is 0 Å². The summed E-state index contributed by atoms with van der Waals surface area (Å²) in [4.78, 5) is 35.8. The number of aliphatic carboxylic acids is 1. The summed E-state index contributed by atoms with van der Waals surface area (Å²) in [6.07, 6.45) is 0.695. The highest BCUT2D eigenvalue weighted by Crippen LogP contribution is 2.04. The van der Waals surface area contributed by atoms with Gasteiger partial charge in [-0.05, 0) is 27.2 Å². The standard InChI is InChI=1S/C13H25N3O4/c1-5-7-14-12(19)10(4)15-13(20)16(6-2)9(3)8-11(17)18/h9-10H,5-8H2,1-4H3,(H,14,19)(H,15,20)(H,17,18). The lowest BCUT2D eigenvalue weighted by Gasteiger charge is -2.28. The van der Waals surface area contributed by atoms with Crippen LogP contribution in [0.25, 0.3) is 0 Å². The maximum Gasteiger partial charge on any atom is 0.318 e. The SMILES string of the molecule is CCCNC(=O)C(C)NC(=O)N(CC)C(C)CC(=O)O. The Labute approximate surface area is 119 Å². The first-order chi connectivity index (χ1) is 9.33. The van der Waals surface area contributed by atoms with Crippen LogP contribution in [0.5, 0.6) is 0 Å². The van der Waals surface area contributed by atoms with Crippen molar-refractivity contribution in [1.82, 2.24) is 15.5 Å². The number of urea groups is 1. The summed E-state index contributed by atoms with van der Waals surface area (Å²) in [5, 5.41) is 14.0. The van der Waals surface area contributed by atoms with Crippen LogP contribution in [0.3, 0.4) is 0 Å². The fourth-order valence-corrected chi connectivity index (χ4v) is 1.75. The van der Waals surface area contributed by atoms with E-state index in [0.717, 1.165) is 6.42 Å². The molecule has 0 aliphatic carbocycles. The van der Waals surface area contributed by atoms with Gasteiger partial charge in [-0.25, -0.2) is 4.79 Å². The van der Waals surface area contributed by atoms with E-state index in [1.807, 2.05) is 6.92 Å². The third-order valence-electron chi connectivity index (χ3n) is 2.89. The lowest BCUT2D eigenvalue weighted by Crippen LogP contribution is -2.52. The van der Waals surface area contributed by atoms with Crippen molar-refractivity contribution in [3.63, 3.8) is 0 Å². The Morgan fingerprint density at radius 3 is 2.25 bits per heavy atom. The number of hydrogen-bond donors (Lipinski definition) is 3. The molecular weight excluding hydrogens is 262 g/mol.